The fourth-order valence-electron chi connectivity index (χ4n) is 6.21. The van der Waals surface area contributed by atoms with Crippen LogP contribution in [0.15, 0.2) is 11.6 Å². The molecule has 0 spiro atoms. The predicted molar refractivity (Wildman–Crippen MR) is 80.1 cm³/mol. The molecule has 2 saturated carbocycles. The number of ketones is 2. The number of esters is 1. The molecule has 0 unspecified atom stereocenters. The lowest BCUT2D eigenvalue weighted by Gasteiger charge is -2.58. The maximum absolute atomic E-state index is 13.1. The maximum Gasteiger partial charge on any atom is 0.310 e. The minimum Gasteiger partial charge on any atom is -0.459 e. The molecule has 23 heavy (non-hydrogen) atoms. The Labute approximate surface area is 135 Å². The summed E-state index contributed by atoms with van der Waals surface area (Å²) < 4.78 is 5.40. The summed E-state index contributed by atoms with van der Waals surface area (Å²) in [5.41, 5.74) is -0.975. The van der Waals surface area contributed by atoms with Gasteiger partial charge in [-0.15, -0.1) is 0 Å². The number of carbonyl (C=O) groups excluding carboxylic acids is 3. The Hall–Kier alpha value is -1.49. The fraction of sp³-hybridized carbons (Fsp3) is 0.722. The van der Waals surface area contributed by atoms with Gasteiger partial charge in [-0.05, 0) is 18.9 Å². The van der Waals surface area contributed by atoms with E-state index in [9.17, 15) is 19.5 Å². The first-order valence-corrected chi connectivity index (χ1v) is 8.29. The highest BCUT2D eigenvalue weighted by Crippen LogP contribution is 2.66. The summed E-state index contributed by atoms with van der Waals surface area (Å²) in [6, 6.07) is 0. The third-order valence-corrected chi connectivity index (χ3v) is 7.32. The SMILES string of the molecule is CC1=CC(=O)[C@]2(C)[C@H]3[C@@H](O)[C@@H]4OC(=O)[C@@H]([C@H]4C)[C@]3(C)C(=O)C[C@@H]12. The van der Waals surface area contributed by atoms with Crippen molar-refractivity contribution in [2.24, 2.45) is 34.5 Å². The van der Waals surface area contributed by atoms with Gasteiger partial charge in [0, 0.05) is 29.1 Å². The Balaban J connectivity index is 1.94. The van der Waals surface area contributed by atoms with E-state index >= 15 is 0 Å². The molecule has 8 atom stereocenters. The van der Waals surface area contributed by atoms with Gasteiger partial charge in [-0.1, -0.05) is 26.3 Å². The number of carbonyl (C=O) groups is 3. The van der Waals surface area contributed by atoms with Crippen LogP contribution in [0.1, 0.15) is 34.1 Å². The van der Waals surface area contributed by atoms with E-state index in [0.717, 1.165) is 5.57 Å². The van der Waals surface area contributed by atoms with Crippen molar-refractivity contribution in [3.63, 3.8) is 0 Å². The Bertz CT molecular complexity index is 679. The second-order valence-electron chi connectivity index (χ2n) is 8.20. The molecule has 1 N–H and O–H groups in total. The van der Waals surface area contributed by atoms with E-state index in [1.165, 1.54) is 0 Å². The zero-order valence-corrected chi connectivity index (χ0v) is 13.8. The maximum atomic E-state index is 13.1. The van der Waals surface area contributed by atoms with Gasteiger partial charge in [-0.3, -0.25) is 14.4 Å². The van der Waals surface area contributed by atoms with Crippen molar-refractivity contribution in [1.82, 2.24) is 0 Å². The van der Waals surface area contributed by atoms with Crippen LogP contribution >= 0.6 is 0 Å². The van der Waals surface area contributed by atoms with Gasteiger partial charge in [0.15, 0.2) is 5.78 Å². The minimum absolute atomic E-state index is 0.0272. The number of allylic oxidation sites excluding steroid dienone is 2. The quantitative estimate of drug-likeness (QED) is 0.681. The molecule has 1 aliphatic heterocycles. The van der Waals surface area contributed by atoms with Gasteiger partial charge in [0.25, 0.3) is 0 Å². The number of hydrogen-bond donors (Lipinski definition) is 1. The van der Waals surface area contributed by atoms with Crippen molar-refractivity contribution in [3.8, 4) is 0 Å². The van der Waals surface area contributed by atoms with Crippen molar-refractivity contribution in [2.75, 3.05) is 0 Å². The van der Waals surface area contributed by atoms with E-state index < -0.39 is 40.8 Å². The molecule has 2 bridgehead atoms. The summed E-state index contributed by atoms with van der Waals surface area (Å²) in [7, 11) is 0. The van der Waals surface area contributed by atoms with Crippen LogP contribution in [0, 0.1) is 34.5 Å². The molecule has 1 heterocycles. The third-order valence-electron chi connectivity index (χ3n) is 7.32. The molecule has 0 aromatic carbocycles. The summed E-state index contributed by atoms with van der Waals surface area (Å²) in [4.78, 5) is 38.2. The van der Waals surface area contributed by atoms with Crippen molar-refractivity contribution in [2.45, 2.75) is 46.3 Å². The lowest BCUT2D eigenvalue weighted by molar-refractivity contribution is -0.186. The second kappa shape index (κ2) is 4.12. The van der Waals surface area contributed by atoms with Gasteiger partial charge in [-0.25, -0.2) is 0 Å². The van der Waals surface area contributed by atoms with Gasteiger partial charge in [0.05, 0.1) is 12.0 Å². The van der Waals surface area contributed by atoms with Crippen LogP contribution < -0.4 is 0 Å². The monoisotopic (exact) mass is 318 g/mol. The standard InChI is InChI=1S/C18H22O5/c1-7-5-10(19)17(3)9(7)6-11(20)18(4)12-8(2)14(23-16(12)22)13(21)15(17)18/h5,8-9,12-15,21H,6H2,1-4H3/t8-,9+,12-,13+,14-,15-,17-,18+/m1/s1. The van der Waals surface area contributed by atoms with Gasteiger partial charge >= 0.3 is 5.97 Å². The summed E-state index contributed by atoms with van der Waals surface area (Å²) in [6.45, 7) is 7.34. The molecule has 3 aliphatic carbocycles. The molecular weight excluding hydrogens is 296 g/mol. The average Bonchev–Trinajstić information content (AvgIpc) is 2.83. The Morgan fingerprint density at radius 2 is 1.87 bits per heavy atom. The number of Topliss-reactive ketones (excluding diaryl/α,β-unsaturated/α-hetero) is 1. The number of aliphatic hydroxyl groups excluding tert-OH is 1. The first kappa shape index (κ1) is 15.1. The van der Waals surface area contributed by atoms with Crippen LogP contribution in [-0.4, -0.2) is 34.9 Å². The highest BCUT2D eigenvalue weighted by atomic mass is 16.6. The summed E-state index contributed by atoms with van der Waals surface area (Å²) in [5.74, 6) is -2.02. The first-order chi connectivity index (χ1) is 10.6. The molecule has 0 radical (unpaired) electrons. The third kappa shape index (κ3) is 1.41. The molecule has 5 heteroatoms. The Morgan fingerprint density at radius 1 is 1.22 bits per heavy atom. The predicted octanol–water partition coefficient (Wildman–Crippen LogP) is 1.29. The topological polar surface area (TPSA) is 80.7 Å². The van der Waals surface area contributed by atoms with E-state index in [1.54, 1.807) is 13.0 Å². The number of ether oxygens (including phenoxy) is 1. The molecule has 1 saturated heterocycles. The van der Waals surface area contributed by atoms with E-state index in [4.69, 9.17) is 4.74 Å². The molecule has 0 aromatic rings. The van der Waals surface area contributed by atoms with E-state index in [-0.39, 0.29) is 29.8 Å². The van der Waals surface area contributed by atoms with Crippen molar-refractivity contribution >= 4 is 17.5 Å². The molecule has 0 amide bonds. The van der Waals surface area contributed by atoms with Crippen molar-refractivity contribution in [3.05, 3.63) is 11.6 Å². The van der Waals surface area contributed by atoms with Crippen LogP contribution in [0.2, 0.25) is 0 Å². The van der Waals surface area contributed by atoms with Crippen molar-refractivity contribution < 1.29 is 24.2 Å². The number of rotatable bonds is 0. The van der Waals surface area contributed by atoms with E-state index in [1.807, 2.05) is 20.8 Å². The highest BCUT2D eigenvalue weighted by molar-refractivity contribution is 6.03. The summed E-state index contributed by atoms with van der Waals surface area (Å²) >= 11 is 0. The van der Waals surface area contributed by atoms with Gasteiger partial charge < -0.3 is 9.84 Å². The average molecular weight is 318 g/mol. The normalized spacial score (nSPS) is 54.5. The second-order valence-corrected chi connectivity index (χ2v) is 8.20. The Kier molecular flexibility index (Phi) is 2.70. The van der Waals surface area contributed by atoms with E-state index in [2.05, 4.69) is 0 Å². The number of aliphatic hydroxyl groups is 1. The van der Waals surface area contributed by atoms with E-state index in [0.29, 0.717) is 0 Å². The molecule has 4 aliphatic rings. The fourth-order valence-corrected chi connectivity index (χ4v) is 6.21. The van der Waals surface area contributed by atoms with Gasteiger partial charge in [0.1, 0.15) is 11.9 Å². The van der Waals surface area contributed by atoms with Crippen LogP contribution in [0.4, 0.5) is 0 Å². The van der Waals surface area contributed by atoms with Crippen molar-refractivity contribution in [1.29, 1.82) is 0 Å². The lowest BCUT2D eigenvalue weighted by atomic mass is 9.42. The molecule has 4 rings (SSSR count). The summed E-state index contributed by atoms with van der Waals surface area (Å²) in [6.07, 6.45) is 0.255. The summed E-state index contributed by atoms with van der Waals surface area (Å²) in [5, 5.41) is 11.0. The largest absolute Gasteiger partial charge is 0.459 e. The molecular formula is C18H22O5. The number of fused-ring (bicyclic) bond motifs is 6. The zero-order valence-electron chi connectivity index (χ0n) is 13.8. The molecule has 0 aromatic heterocycles. The van der Waals surface area contributed by atoms with Crippen LogP contribution in [-0.2, 0) is 19.1 Å². The van der Waals surface area contributed by atoms with Crippen LogP contribution in [0.25, 0.3) is 0 Å². The Morgan fingerprint density at radius 3 is 2.52 bits per heavy atom. The van der Waals surface area contributed by atoms with Gasteiger partial charge in [0.2, 0.25) is 0 Å². The first-order valence-electron chi connectivity index (χ1n) is 8.29. The van der Waals surface area contributed by atoms with Gasteiger partial charge in [-0.2, -0.15) is 0 Å². The molecule has 3 fully saturated rings. The number of hydrogen-bond acceptors (Lipinski definition) is 5. The minimum atomic E-state index is -1.04. The molecule has 5 nitrogen and oxygen atoms in total. The lowest BCUT2D eigenvalue weighted by Crippen LogP contribution is -2.67. The smallest absolute Gasteiger partial charge is 0.310 e. The highest BCUT2D eigenvalue weighted by Gasteiger charge is 2.74. The zero-order chi connectivity index (χ0) is 16.9. The van der Waals surface area contributed by atoms with Crippen LogP contribution in [0.3, 0.4) is 0 Å². The molecule has 124 valence electrons. The van der Waals surface area contributed by atoms with Crippen LogP contribution in [0.5, 0.6) is 0 Å².